The molecule has 0 saturated carbocycles. The molecular weight excluding hydrogens is 269 g/mol. The van der Waals surface area contributed by atoms with E-state index in [1.54, 1.807) is 24.4 Å². The Bertz CT molecular complexity index is 449. The molecule has 0 aliphatic carbocycles. The van der Waals surface area contributed by atoms with Crippen molar-refractivity contribution in [3.05, 3.63) is 28.2 Å². The number of benzene rings is 1. The third-order valence-corrected chi connectivity index (χ3v) is 3.39. The first kappa shape index (κ1) is 13.4. The first-order chi connectivity index (χ1) is 8.77. The quantitative estimate of drug-likeness (QED) is 0.648. The smallest absolute Gasteiger partial charge is 0.0934 e. The number of aliphatic imine (C=N–C) groups is 1. The Hall–Kier alpha value is -1.06. The van der Waals surface area contributed by atoms with Gasteiger partial charge in [0.1, 0.15) is 0 Å². The maximum Gasteiger partial charge on any atom is 0.0934 e. The van der Waals surface area contributed by atoms with E-state index in [1.807, 2.05) is 0 Å². The summed E-state index contributed by atoms with van der Waals surface area (Å²) >= 11 is 12.1. The van der Waals surface area contributed by atoms with Crippen LogP contribution in [0.25, 0.3) is 0 Å². The van der Waals surface area contributed by atoms with Gasteiger partial charge in [-0.2, -0.15) is 5.10 Å². The van der Waals surface area contributed by atoms with Crippen molar-refractivity contribution in [2.24, 2.45) is 10.1 Å². The molecule has 0 atom stereocenters. The summed E-state index contributed by atoms with van der Waals surface area (Å²) in [5.74, 6) is 0. The first-order valence-corrected chi connectivity index (χ1v) is 6.79. The van der Waals surface area contributed by atoms with Crippen molar-refractivity contribution in [1.29, 1.82) is 0 Å². The van der Waals surface area contributed by atoms with E-state index < -0.39 is 0 Å². The predicted molar refractivity (Wildman–Crippen MR) is 79.3 cm³/mol. The van der Waals surface area contributed by atoms with Crippen LogP contribution in [0.5, 0.6) is 0 Å². The highest BCUT2D eigenvalue weighted by molar-refractivity contribution is 6.39. The maximum atomic E-state index is 6.03. The van der Waals surface area contributed by atoms with Gasteiger partial charge in [-0.3, -0.25) is 10.4 Å². The number of nitrogens with one attached hydrogen (secondary N) is 1. The molecule has 96 valence electrons. The van der Waals surface area contributed by atoms with Gasteiger partial charge in [0.15, 0.2) is 0 Å². The molecule has 1 aliphatic rings. The van der Waals surface area contributed by atoms with Gasteiger partial charge in [0.05, 0.1) is 27.7 Å². The molecule has 1 aromatic carbocycles. The topological polar surface area (TPSA) is 36.8 Å². The summed E-state index contributed by atoms with van der Waals surface area (Å²) < 4.78 is 0. The number of nitrogens with zero attached hydrogens (tertiary/aromatic N) is 2. The van der Waals surface area contributed by atoms with E-state index in [9.17, 15) is 0 Å². The van der Waals surface area contributed by atoms with Gasteiger partial charge < -0.3 is 0 Å². The number of para-hydroxylation sites is 1. The highest BCUT2D eigenvalue weighted by atomic mass is 35.5. The number of rotatable bonds is 3. The highest BCUT2D eigenvalue weighted by Crippen LogP contribution is 2.29. The van der Waals surface area contributed by atoms with Crippen LogP contribution in [0, 0.1) is 0 Å². The number of hydrogen-bond acceptors (Lipinski definition) is 3. The molecule has 1 heterocycles. The number of hydrogen-bond donors (Lipinski definition) is 1. The van der Waals surface area contributed by atoms with Crippen LogP contribution in [0.4, 0.5) is 5.69 Å². The van der Waals surface area contributed by atoms with Crippen LogP contribution in [0.3, 0.4) is 0 Å². The van der Waals surface area contributed by atoms with E-state index in [0.29, 0.717) is 15.7 Å². The fourth-order valence-corrected chi connectivity index (χ4v) is 2.26. The molecule has 5 heteroatoms. The van der Waals surface area contributed by atoms with Gasteiger partial charge in [0.2, 0.25) is 0 Å². The standard InChI is InChI=1S/C13H15Cl2N3/c14-11-6-4-7-12(15)13(11)18-17-9-10-5-2-1-3-8-16-10/h4,6-7,9,18H,1-3,5,8H2/b17-9+. The molecule has 0 fully saturated rings. The van der Waals surface area contributed by atoms with Gasteiger partial charge in [0.25, 0.3) is 0 Å². The summed E-state index contributed by atoms with van der Waals surface area (Å²) in [4.78, 5) is 4.46. The second-order valence-corrected chi connectivity index (χ2v) is 4.96. The molecule has 0 saturated heterocycles. The second-order valence-electron chi connectivity index (χ2n) is 4.15. The summed E-state index contributed by atoms with van der Waals surface area (Å²) in [5, 5.41) is 5.27. The van der Waals surface area contributed by atoms with E-state index >= 15 is 0 Å². The van der Waals surface area contributed by atoms with E-state index in [2.05, 4.69) is 15.5 Å². The fourth-order valence-electron chi connectivity index (χ4n) is 1.78. The van der Waals surface area contributed by atoms with Gasteiger partial charge in [-0.15, -0.1) is 0 Å². The lowest BCUT2D eigenvalue weighted by atomic mass is 10.2. The van der Waals surface area contributed by atoms with Crippen LogP contribution in [-0.4, -0.2) is 18.5 Å². The Morgan fingerprint density at radius 3 is 2.72 bits per heavy atom. The first-order valence-electron chi connectivity index (χ1n) is 6.04. The van der Waals surface area contributed by atoms with Crippen LogP contribution < -0.4 is 5.43 Å². The number of hydrazone groups is 1. The summed E-state index contributed by atoms with van der Waals surface area (Å²) in [5.41, 5.74) is 4.54. The van der Waals surface area contributed by atoms with E-state index in [1.165, 1.54) is 19.3 Å². The molecule has 3 nitrogen and oxygen atoms in total. The Morgan fingerprint density at radius 1 is 1.17 bits per heavy atom. The average molecular weight is 284 g/mol. The zero-order chi connectivity index (χ0) is 12.8. The van der Waals surface area contributed by atoms with Crippen LogP contribution >= 0.6 is 23.2 Å². The Morgan fingerprint density at radius 2 is 1.94 bits per heavy atom. The van der Waals surface area contributed by atoms with Gasteiger partial charge >= 0.3 is 0 Å². The number of halogens is 2. The molecule has 1 N–H and O–H groups in total. The van der Waals surface area contributed by atoms with Gasteiger partial charge in [0, 0.05) is 6.54 Å². The van der Waals surface area contributed by atoms with Crippen LogP contribution in [0.1, 0.15) is 25.7 Å². The largest absolute Gasteiger partial charge is 0.288 e. The summed E-state index contributed by atoms with van der Waals surface area (Å²) in [6.07, 6.45) is 6.33. The Labute approximate surface area is 117 Å². The molecular formula is C13H15Cl2N3. The van der Waals surface area contributed by atoms with Crippen molar-refractivity contribution in [2.75, 3.05) is 12.0 Å². The van der Waals surface area contributed by atoms with Crippen molar-refractivity contribution in [1.82, 2.24) is 0 Å². The van der Waals surface area contributed by atoms with Crippen LogP contribution in [0.15, 0.2) is 28.3 Å². The minimum absolute atomic E-state index is 0.558. The van der Waals surface area contributed by atoms with Crippen LogP contribution in [0.2, 0.25) is 10.0 Å². The lowest BCUT2D eigenvalue weighted by molar-refractivity contribution is 0.731. The molecule has 0 unspecified atom stereocenters. The third kappa shape index (κ3) is 3.72. The normalized spacial score (nSPS) is 16.4. The van der Waals surface area contributed by atoms with Crippen molar-refractivity contribution in [3.8, 4) is 0 Å². The van der Waals surface area contributed by atoms with Gasteiger partial charge in [-0.1, -0.05) is 35.7 Å². The van der Waals surface area contributed by atoms with E-state index in [0.717, 1.165) is 18.7 Å². The average Bonchev–Trinajstić information content (AvgIpc) is 2.61. The second kappa shape index (κ2) is 6.76. The summed E-state index contributed by atoms with van der Waals surface area (Å²) in [6, 6.07) is 5.35. The lowest BCUT2D eigenvalue weighted by Gasteiger charge is -2.05. The minimum Gasteiger partial charge on any atom is -0.288 e. The van der Waals surface area contributed by atoms with Gasteiger partial charge in [-0.05, 0) is 31.4 Å². The van der Waals surface area contributed by atoms with Gasteiger partial charge in [-0.25, -0.2) is 0 Å². The molecule has 0 spiro atoms. The monoisotopic (exact) mass is 283 g/mol. The molecule has 0 radical (unpaired) electrons. The van der Waals surface area contributed by atoms with Crippen molar-refractivity contribution < 1.29 is 0 Å². The zero-order valence-corrected chi connectivity index (χ0v) is 11.5. The van der Waals surface area contributed by atoms with Crippen molar-refractivity contribution in [2.45, 2.75) is 25.7 Å². The maximum absolute atomic E-state index is 6.03. The molecule has 18 heavy (non-hydrogen) atoms. The third-order valence-electron chi connectivity index (χ3n) is 2.76. The van der Waals surface area contributed by atoms with Crippen molar-refractivity contribution >= 4 is 40.8 Å². The van der Waals surface area contributed by atoms with E-state index in [4.69, 9.17) is 23.2 Å². The SMILES string of the molecule is Clc1cccc(Cl)c1N/N=C/C1=NCCCCC1. The zero-order valence-electron chi connectivity index (χ0n) is 10.00. The molecule has 2 rings (SSSR count). The fraction of sp³-hybridized carbons (Fsp3) is 0.385. The summed E-state index contributed by atoms with van der Waals surface area (Å²) in [6.45, 7) is 0.897. The number of anilines is 1. The lowest BCUT2D eigenvalue weighted by Crippen LogP contribution is -2.02. The van der Waals surface area contributed by atoms with Crippen molar-refractivity contribution in [3.63, 3.8) is 0 Å². The molecule has 0 amide bonds. The summed E-state index contributed by atoms with van der Waals surface area (Å²) in [7, 11) is 0. The molecule has 1 aromatic rings. The minimum atomic E-state index is 0.558. The van der Waals surface area contributed by atoms with E-state index in [-0.39, 0.29) is 0 Å². The molecule has 1 aliphatic heterocycles. The molecule has 0 bridgehead atoms. The molecule has 0 aromatic heterocycles. The highest BCUT2D eigenvalue weighted by Gasteiger charge is 2.04. The Kier molecular flexibility index (Phi) is 5.02. The predicted octanol–water partition coefficient (Wildman–Crippen LogP) is 4.41. The Balaban J connectivity index is 2.00. The van der Waals surface area contributed by atoms with Crippen LogP contribution in [-0.2, 0) is 0 Å².